The van der Waals surface area contributed by atoms with Crippen LogP contribution in [0, 0.1) is 0 Å². The Hall–Kier alpha value is -1.88. The van der Waals surface area contributed by atoms with Crippen molar-refractivity contribution in [1.82, 2.24) is 0 Å². The first-order chi connectivity index (χ1) is 9.70. The number of para-hydroxylation sites is 1. The minimum absolute atomic E-state index is 0.147. The third-order valence-corrected chi connectivity index (χ3v) is 3.10. The molecule has 2 atom stereocenters. The van der Waals surface area contributed by atoms with Gasteiger partial charge in [0.2, 0.25) is 0 Å². The molecule has 4 N–H and O–H groups in total. The summed E-state index contributed by atoms with van der Waals surface area (Å²) in [5, 5.41) is 31.6. The van der Waals surface area contributed by atoms with E-state index in [0.717, 1.165) is 11.4 Å². The molecule has 0 spiro atoms. The lowest BCUT2D eigenvalue weighted by molar-refractivity contribution is 0.00422. The molecule has 0 radical (unpaired) electrons. The molecular formula is C16H19NO3. The van der Waals surface area contributed by atoms with Gasteiger partial charge in [-0.3, -0.25) is 0 Å². The highest BCUT2D eigenvalue weighted by Crippen LogP contribution is 2.22. The lowest BCUT2D eigenvalue weighted by Gasteiger charge is -2.17. The van der Waals surface area contributed by atoms with E-state index in [0.29, 0.717) is 5.56 Å². The van der Waals surface area contributed by atoms with Crippen molar-refractivity contribution < 1.29 is 15.3 Å². The molecule has 0 fully saturated rings. The smallest absolute Gasteiger partial charge is 0.105 e. The number of aliphatic hydroxyl groups is 3. The molecule has 2 aromatic carbocycles. The first-order valence-electron chi connectivity index (χ1n) is 6.59. The number of hydrogen-bond acceptors (Lipinski definition) is 4. The SMILES string of the molecule is OCCC(O)C(O)c1ccc(Nc2ccccc2)cc1. The number of rotatable bonds is 6. The van der Waals surface area contributed by atoms with Gasteiger partial charge in [-0.2, -0.15) is 0 Å². The van der Waals surface area contributed by atoms with Crippen LogP contribution >= 0.6 is 0 Å². The Labute approximate surface area is 118 Å². The second-order valence-electron chi connectivity index (χ2n) is 4.64. The Bertz CT molecular complexity index is 513. The summed E-state index contributed by atoms with van der Waals surface area (Å²) in [6, 6.07) is 17.0. The zero-order chi connectivity index (χ0) is 14.4. The van der Waals surface area contributed by atoms with Crippen molar-refractivity contribution in [3.63, 3.8) is 0 Å². The molecule has 0 aromatic heterocycles. The molecule has 0 saturated heterocycles. The van der Waals surface area contributed by atoms with Crippen molar-refractivity contribution in [2.75, 3.05) is 11.9 Å². The van der Waals surface area contributed by atoms with Gasteiger partial charge in [-0.05, 0) is 36.2 Å². The van der Waals surface area contributed by atoms with E-state index in [1.807, 2.05) is 42.5 Å². The van der Waals surface area contributed by atoms with Crippen LogP contribution in [0.1, 0.15) is 18.1 Å². The van der Waals surface area contributed by atoms with Crippen molar-refractivity contribution in [1.29, 1.82) is 0 Å². The van der Waals surface area contributed by atoms with Crippen molar-refractivity contribution in [2.24, 2.45) is 0 Å². The van der Waals surface area contributed by atoms with Gasteiger partial charge in [0.25, 0.3) is 0 Å². The van der Waals surface area contributed by atoms with E-state index >= 15 is 0 Å². The van der Waals surface area contributed by atoms with Gasteiger partial charge in [0, 0.05) is 18.0 Å². The fourth-order valence-electron chi connectivity index (χ4n) is 1.96. The quantitative estimate of drug-likeness (QED) is 0.651. The van der Waals surface area contributed by atoms with Gasteiger partial charge < -0.3 is 20.6 Å². The normalized spacial score (nSPS) is 13.8. The van der Waals surface area contributed by atoms with Crippen LogP contribution in [0.15, 0.2) is 54.6 Å². The van der Waals surface area contributed by atoms with E-state index in [1.165, 1.54) is 0 Å². The Balaban J connectivity index is 2.03. The summed E-state index contributed by atoms with van der Waals surface area (Å²) in [5.41, 5.74) is 2.52. The van der Waals surface area contributed by atoms with Gasteiger partial charge in [-0.1, -0.05) is 30.3 Å². The van der Waals surface area contributed by atoms with Crippen LogP contribution in [-0.2, 0) is 0 Å². The molecule has 0 bridgehead atoms. The molecule has 2 rings (SSSR count). The standard InChI is InChI=1S/C16H19NO3/c18-11-10-15(19)16(20)12-6-8-14(9-7-12)17-13-4-2-1-3-5-13/h1-9,15-20H,10-11H2. The lowest BCUT2D eigenvalue weighted by Crippen LogP contribution is -2.19. The number of benzene rings is 2. The minimum atomic E-state index is -0.979. The predicted molar refractivity (Wildman–Crippen MR) is 78.8 cm³/mol. The van der Waals surface area contributed by atoms with Crippen LogP contribution in [0.5, 0.6) is 0 Å². The first kappa shape index (κ1) is 14.5. The molecule has 20 heavy (non-hydrogen) atoms. The summed E-state index contributed by atoms with van der Waals surface area (Å²) in [7, 11) is 0. The monoisotopic (exact) mass is 273 g/mol. The summed E-state index contributed by atoms with van der Waals surface area (Å²) < 4.78 is 0. The number of nitrogens with one attached hydrogen (secondary N) is 1. The second kappa shape index (κ2) is 7.05. The molecule has 4 nitrogen and oxygen atoms in total. The molecule has 2 aromatic rings. The first-order valence-corrected chi connectivity index (χ1v) is 6.59. The Kier molecular flexibility index (Phi) is 5.12. The van der Waals surface area contributed by atoms with Crippen molar-refractivity contribution in [3.8, 4) is 0 Å². The highest BCUT2D eigenvalue weighted by Gasteiger charge is 2.17. The minimum Gasteiger partial charge on any atom is -0.396 e. The molecule has 4 heteroatoms. The summed E-state index contributed by atoms with van der Waals surface area (Å²) in [6.45, 7) is -0.147. The summed E-state index contributed by atoms with van der Waals surface area (Å²) in [6.07, 6.45) is -1.77. The van der Waals surface area contributed by atoms with Crippen molar-refractivity contribution in [3.05, 3.63) is 60.2 Å². The molecule has 2 unspecified atom stereocenters. The molecule has 0 amide bonds. The molecule has 0 aliphatic rings. The van der Waals surface area contributed by atoms with Crippen LogP contribution in [0.2, 0.25) is 0 Å². The van der Waals surface area contributed by atoms with Crippen molar-refractivity contribution in [2.45, 2.75) is 18.6 Å². The Morgan fingerprint density at radius 2 is 1.45 bits per heavy atom. The van der Waals surface area contributed by atoms with Gasteiger partial charge in [0.15, 0.2) is 0 Å². The van der Waals surface area contributed by atoms with Crippen LogP contribution in [0.25, 0.3) is 0 Å². The molecule has 0 aliphatic carbocycles. The van der Waals surface area contributed by atoms with Gasteiger partial charge in [0.1, 0.15) is 6.10 Å². The Morgan fingerprint density at radius 1 is 0.850 bits per heavy atom. The maximum atomic E-state index is 9.92. The summed E-state index contributed by atoms with van der Waals surface area (Å²) in [5.74, 6) is 0. The van der Waals surface area contributed by atoms with Gasteiger partial charge in [-0.25, -0.2) is 0 Å². The highest BCUT2D eigenvalue weighted by atomic mass is 16.3. The summed E-state index contributed by atoms with van der Waals surface area (Å²) >= 11 is 0. The lowest BCUT2D eigenvalue weighted by atomic mass is 10.0. The van der Waals surface area contributed by atoms with Gasteiger partial charge in [-0.15, -0.1) is 0 Å². The third kappa shape index (κ3) is 3.81. The zero-order valence-corrected chi connectivity index (χ0v) is 11.1. The molecular weight excluding hydrogens is 254 g/mol. The highest BCUT2D eigenvalue weighted by molar-refractivity contribution is 5.59. The molecule has 0 saturated carbocycles. The number of anilines is 2. The largest absolute Gasteiger partial charge is 0.396 e. The van der Waals surface area contributed by atoms with Crippen molar-refractivity contribution >= 4 is 11.4 Å². The van der Waals surface area contributed by atoms with E-state index in [9.17, 15) is 10.2 Å². The van der Waals surface area contributed by atoms with Crippen LogP contribution < -0.4 is 5.32 Å². The topological polar surface area (TPSA) is 72.7 Å². The third-order valence-electron chi connectivity index (χ3n) is 3.10. The zero-order valence-electron chi connectivity index (χ0n) is 11.1. The average molecular weight is 273 g/mol. The van der Waals surface area contributed by atoms with E-state index < -0.39 is 12.2 Å². The Morgan fingerprint density at radius 3 is 2.05 bits per heavy atom. The van der Waals surface area contributed by atoms with Gasteiger partial charge >= 0.3 is 0 Å². The maximum absolute atomic E-state index is 9.92. The maximum Gasteiger partial charge on any atom is 0.105 e. The van der Waals surface area contributed by atoms with Gasteiger partial charge in [0.05, 0.1) is 6.10 Å². The summed E-state index contributed by atoms with van der Waals surface area (Å²) in [4.78, 5) is 0. The number of hydrogen-bond donors (Lipinski definition) is 4. The molecule has 0 heterocycles. The van der Waals surface area contributed by atoms with E-state index in [4.69, 9.17) is 5.11 Å². The second-order valence-corrected chi connectivity index (χ2v) is 4.64. The van der Waals surface area contributed by atoms with Crippen LogP contribution in [0.4, 0.5) is 11.4 Å². The predicted octanol–water partition coefficient (Wildman–Crippen LogP) is 2.21. The van der Waals surface area contributed by atoms with Crippen LogP contribution in [-0.4, -0.2) is 28.0 Å². The van der Waals surface area contributed by atoms with Crippen LogP contribution in [0.3, 0.4) is 0 Å². The molecule has 0 aliphatic heterocycles. The fraction of sp³-hybridized carbons (Fsp3) is 0.250. The van der Waals surface area contributed by atoms with E-state index in [-0.39, 0.29) is 13.0 Å². The van der Waals surface area contributed by atoms with E-state index in [2.05, 4.69) is 5.32 Å². The van der Waals surface area contributed by atoms with E-state index in [1.54, 1.807) is 12.1 Å². The molecule has 106 valence electrons. The fourth-order valence-corrected chi connectivity index (χ4v) is 1.96. The average Bonchev–Trinajstić information content (AvgIpc) is 2.48. The number of aliphatic hydroxyl groups excluding tert-OH is 3.